The van der Waals surface area contributed by atoms with Crippen molar-refractivity contribution >= 4 is 80.3 Å². The highest BCUT2D eigenvalue weighted by Gasteiger charge is 2.27. The van der Waals surface area contributed by atoms with Crippen LogP contribution in [0.2, 0.25) is 5.15 Å². The number of nitrogens with one attached hydrogen (secondary N) is 4. The fourth-order valence-electron chi connectivity index (χ4n) is 6.16. The summed E-state index contributed by atoms with van der Waals surface area (Å²) in [7, 11) is 0. The van der Waals surface area contributed by atoms with Crippen molar-refractivity contribution in [1.82, 2.24) is 34.8 Å². The van der Waals surface area contributed by atoms with E-state index in [4.69, 9.17) is 23.4 Å². The van der Waals surface area contributed by atoms with Gasteiger partial charge < -0.3 is 10.6 Å². The molecule has 3 aliphatic rings. The van der Waals surface area contributed by atoms with Gasteiger partial charge in [-0.05, 0) is 91.1 Å². The topological polar surface area (TPSA) is 145 Å². The quantitative estimate of drug-likeness (QED) is 0.111. The minimum Gasteiger partial charge on any atom is -0.340 e. The summed E-state index contributed by atoms with van der Waals surface area (Å²) >= 11 is 11.0. The molecule has 4 aromatic heterocycles. The van der Waals surface area contributed by atoms with Crippen LogP contribution in [-0.2, 0) is 35.3 Å². The SMILES string of the molecule is Fc1cc2c(Cl)[nH]nc2nc1Nc1cccc2c1CCC2.O=C1CCC(=O)N1Cl.c1cc2c(c(Nc3ccc4cn[nH]c4n3)c1)CCC2. The first-order valence-electron chi connectivity index (χ1n) is 15.6. The summed E-state index contributed by atoms with van der Waals surface area (Å²) in [5.74, 6) is -0.00208. The molecule has 0 radical (unpaired) electrons. The van der Waals surface area contributed by atoms with E-state index in [1.165, 1.54) is 46.8 Å². The fourth-order valence-corrected chi connectivity index (χ4v) is 6.51. The predicted molar refractivity (Wildman–Crippen MR) is 183 cm³/mol. The number of hydrogen-bond donors (Lipinski definition) is 4. The summed E-state index contributed by atoms with van der Waals surface area (Å²) in [6.45, 7) is 0. The molecule has 11 nitrogen and oxygen atoms in total. The number of halogens is 3. The van der Waals surface area contributed by atoms with Crippen molar-refractivity contribution in [3.05, 3.63) is 94.0 Å². The molecule has 0 spiro atoms. The predicted octanol–water partition coefficient (Wildman–Crippen LogP) is 7.46. The van der Waals surface area contributed by atoms with Gasteiger partial charge in [-0.15, -0.1) is 0 Å². The maximum Gasteiger partial charge on any atom is 0.244 e. The first kappa shape index (κ1) is 31.5. The van der Waals surface area contributed by atoms with Gasteiger partial charge in [-0.25, -0.2) is 14.4 Å². The molecule has 5 heterocycles. The molecule has 6 aromatic rings. The highest BCUT2D eigenvalue weighted by atomic mass is 35.5. The largest absolute Gasteiger partial charge is 0.340 e. The van der Waals surface area contributed by atoms with E-state index in [-0.39, 0.29) is 30.5 Å². The van der Waals surface area contributed by atoms with Crippen molar-refractivity contribution in [3.8, 4) is 0 Å². The lowest BCUT2D eigenvalue weighted by Crippen LogP contribution is -2.16. The van der Waals surface area contributed by atoms with Crippen LogP contribution in [-0.4, -0.2) is 46.6 Å². The number of H-pyrrole nitrogens is 2. The van der Waals surface area contributed by atoms with Gasteiger partial charge in [0.15, 0.2) is 22.9 Å². The lowest BCUT2D eigenvalue weighted by atomic mass is 10.1. The van der Waals surface area contributed by atoms with Crippen molar-refractivity contribution in [2.24, 2.45) is 0 Å². The second-order valence-electron chi connectivity index (χ2n) is 11.6. The summed E-state index contributed by atoms with van der Waals surface area (Å²) < 4.78 is 14.8. The van der Waals surface area contributed by atoms with E-state index in [0.29, 0.717) is 20.6 Å². The Hall–Kier alpha value is -5.07. The van der Waals surface area contributed by atoms with E-state index < -0.39 is 5.82 Å². The molecule has 9 rings (SSSR count). The number of imide groups is 1. The number of amides is 2. The molecule has 14 heteroatoms. The van der Waals surface area contributed by atoms with E-state index in [0.717, 1.165) is 48.2 Å². The second-order valence-corrected chi connectivity index (χ2v) is 12.4. The number of carbonyl (C=O) groups is 2. The number of benzene rings is 2. The van der Waals surface area contributed by atoms with Gasteiger partial charge in [-0.2, -0.15) is 14.6 Å². The van der Waals surface area contributed by atoms with Crippen molar-refractivity contribution in [2.45, 2.75) is 51.4 Å². The number of nitrogens with zero attached hydrogens (tertiary/aromatic N) is 5. The highest BCUT2D eigenvalue weighted by Crippen LogP contribution is 2.33. The Bertz CT molecular complexity index is 2150. The third-order valence-corrected chi connectivity index (χ3v) is 9.22. The van der Waals surface area contributed by atoms with E-state index in [1.807, 2.05) is 24.3 Å². The van der Waals surface area contributed by atoms with Gasteiger partial charge in [0, 0.05) is 41.4 Å². The third kappa shape index (κ3) is 6.54. The van der Waals surface area contributed by atoms with Crippen molar-refractivity contribution < 1.29 is 14.0 Å². The minimum absolute atomic E-state index is 0.172. The summed E-state index contributed by atoms with van der Waals surface area (Å²) in [5.41, 5.74) is 8.79. The van der Waals surface area contributed by atoms with E-state index >= 15 is 0 Å². The lowest BCUT2D eigenvalue weighted by molar-refractivity contribution is -0.132. The summed E-state index contributed by atoms with van der Waals surface area (Å²) in [6.07, 6.45) is 9.14. The summed E-state index contributed by atoms with van der Waals surface area (Å²) in [5, 5.41) is 21.8. The Morgan fingerprint density at radius 2 is 1.46 bits per heavy atom. The fraction of sp³-hybridized carbons (Fsp3) is 0.235. The molecule has 0 bridgehead atoms. The molecule has 0 unspecified atom stereocenters. The Kier molecular flexibility index (Phi) is 8.92. The number of aromatic nitrogens is 6. The first-order chi connectivity index (χ1) is 23.3. The van der Waals surface area contributed by atoms with Gasteiger partial charge in [0.2, 0.25) is 11.8 Å². The molecule has 4 N–H and O–H groups in total. The van der Waals surface area contributed by atoms with E-state index in [2.05, 4.69) is 65.3 Å². The number of fused-ring (bicyclic) bond motifs is 4. The van der Waals surface area contributed by atoms with Crippen molar-refractivity contribution in [1.29, 1.82) is 0 Å². The molecular formula is C34H30Cl2FN9O2. The van der Waals surface area contributed by atoms with Gasteiger partial charge in [0.1, 0.15) is 11.0 Å². The average molecular weight is 687 g/mol. The Morgan fingerprint density at radius 3 is 2.10 bits per heavy atom. The minimum atomic E-state index is -0.443. The Morgan fingerprint density at radius 1 is 0.792 bits per heavy atom. The molecular weight excluding hydrogens is 656 g/mol. The van der Waals surface area contributed by atoms with Gasteiger partial charge in [0.25, 0.3) is 0 Å². The zero-order valence-electron chi connectivity index (χ0n) is 25.6. The van der Waals surface area contributed by atoms with Crippen LogP contribution in [0.5, 0.6) is 0 Å². The molecule has 2 aliphatic carbocycles. The van der Waals surface area contributed by atoms with Crippen LogP contribution in [0.25, 0.3) is 22.1 Å². The molecule has 0 atom stereocenters. The summed E-state index contributed by atoms with van der Waals surface area (Å²) in [4.78, 5) is 29.4. The number of aryl methyl sites for hydroxylation is 2. The van der Waals surface area contributed by atoms with Gasteiger partial charge in [-0.1, -0.05) is 35.9 Å². The maximum absolute atomic E-state index is 14.2. The Labute approximate surface area is 284 Å². The molecule has 1 aliphatic heterocycles. The molecule has 2 aromatic carbocycles. The number of pyridine rings is 2. The normalized spacial score (nSPS) is 14.8. The van der Waals surface area contributed by atoms with Crippen LogP contribution in [0.4, 0.5) is 27.4 Å². The number of aromatic amines is 2. The second kappa shape index (κ2) is 13.6. The molecule has 1 saturated heterocycles. The zero-order valence-corrected chi connectivity index (χ0v) is 27.1. The standard InChI is InChI=1S/C15H12ClFN4.C15H14N4.C4H4ClNO2/c16-13-10-7-11(17)15(19-14(10)21-20-13)18-12-6-2-4-8-3-1-5-9(8)12;1-3-10-4-2-6-13(12(10)5-1)17-14-8-7-11-9-16-19-15(11)18-14;5-6-3(7)1-2-4(6)8/h2,4,6-7H,1,3,5H2,(H2,18,19,20,21);2,4,6-9H,1,3,5H2,(H2,16,17,18,19);1-2H2. The van der Waals surface area contributed by atoms with Gasteiger partial charge >= 0.3 is 0 Å². The van der Waals surface area contributed by atoms with Crippen LogP contribution in [0.3, 0.4) is 0 Å². The van der Waals surface area contributed by atoms with Crippen molar-refractivity contribution in [3.63, 3.8) is 0 Å². The molecule has 1 fully saturated rings. The third-order valence-electron chi connectivity index (χ3n) is 8.55. The van der Waals surface area contributed by atoms with Crippen LogP contribution in [0.15, 0.2) is 60.8 Å². The van der Waals surface area contributed by atoms with Crippen LogP contribution in [0.1, 0.15) is 47.9 Å². The van der Waals surface area contributed by atoms with Crippen LogP contribution >= 0.6 is 23.4 Å². The zero-order chi connectivity index (χ0) is 33.2. The number of anilines is 4. The maximum atomic E-state index is 14.2. The van der Waals surface area contributed by atoms with E-state index in [9.17, 15) is 14.0 Å². The van der Waals surface area contributed by atoms with Gasteiger partial charge in [-0.3, -0.25) is 19.8 Å². The number of rotatable bonds is 4. The monoisotopic (exact) mass is 685 g/mol. The molecule has 0 saturated carbocycles. The van der Waals surface area contributed by atoms with Crippen LogP contribution in [0, 0.1) is 5.82 Å². The number of carbonyl (C=O) groups excluding carboxylic acids is 2. The molecule has 48 heavy (non-hydrogen) atoms. The number of hydrogen-bond acceptors (Lipinski definition) is 8. The smallest absolute Gasteiger partial charge is 0.244 e. The van der Waals surface area contributed by atoms with E-state index in [1.54, 1.807) is 6.20 Å². The highest BCUT2D eigenvalue weighted by molar-refractivity contribution is 6.34. The average Bonchev–Trinajstić information content (AvgIpc) is 3.94. The van der Waals surface area contributed by atoms with Crippen molar-refractivity contribution in [2.75, 3.05) is 10.6 Å². The van der Waals surface area contributed by atoms with Gasteiger partial charge in [0.05, 0.1) is 11.6 Å². The molecule has 244 valence electrons. The lowest BCUT2D eigenvalue weighted by Gasteiger charge is -2.11. The summed E-state index contributed by atoms with van der Waals surface area (Å²) in [6, 6.07) is 17.9. The Balaban J connectivity index is 0.000000125. The van der Waals surface area contributed by atoms with Crippen LogP contribution < -0.4 is 10.6 Å². The molecule has 2 amide bonds. The first-order valence-corrected chi connectivity index (χ1v) is 16.3.